The second-order valence-corrected chi connectivity index (χ2v) is 9.98. The first-order valence-corrected chi connectivity index (χ1v) is 11.3. The first-order chi connectivity index (χ1) is 14.7. The van der Waals surface area contributed by atoms with Gasteiger partial charge in [-0.1, -0.05) is 17.7 Å². The summed E-state index contributed by atoms with van der Waals surface area (Å²) in [6, 6.07) is 5.05. The smallest absolute Gasteiger partial charge is 0.329 e. The lowest BCUT2D eigenvalue weighted by Gasteiger charge is -2.56. The van der Waals surface area contributed by atoms with Crippen molar-refractivity contribution in [1.29, 1.82) is 0 Å². The first-order valence-electron chi connectivity index (χ1n) is 10.9. The van der Waals surface area contributed by atoms with Crippen LogP contribution in [-0.2, 0) is 14.4 Å². The van der Waals surface area contributed by atoms with Crippen molar-refractivity contribution in [2.45, 2.75) is 64.3 Å². The Bertz CT molecular complexity index is 907. The van der Waals surface area contributed by atoms with Crippen molar-refractivity contribution in [2.24, 2.45) is 22.9 Å². The number of anilines is 1. The SMILES string of the molecule is C/C(CC(=O)NC12CC3CC(CC(C3)C1)C2)=N/NC(=O)C(=O)Nc1cccc(Cl)c1C. The molecule has 7 nitrogen and oxygen atoms in total. The Morgan fingerprint density at radius 1 is 1.06 bits per heavy atom. The predicted octanol–water partition coefficient (Wildman–Crippen LogP) is 3.55. The normalized spacial score (nSPS) is 28.9. The van der Waals surface area contributed by atoms with Crippen molar-refractivity contribution in [2.75, 3.05) is 5.32 Å². The Morgan fingerprint density at radius 2 is 1.68 bits per heavy atom. The van der Waals surface area contributed by atoms with Gasteiger partial charge in [-0.25, -0.2) is 5.43 Å². The lowest BCUT2D eigenvalue weighted by atomic mass is 9.53. The first kappa shape index (κ1) is 21.8. The van der Waals surface area contributed by atoms with E-state index in [-0.39, 0.29) is 17.9 Å². The zero-order valence-electron chi connectivity index (χ0n) is 18.0. The number of rotatable bonds is 5. The molecular formula is C23H29ClN4O3. The summed E-state index contributed by atoms with van der Waals surface area (Å²) in [6.07, 6.45) is 7.30. The van der Waals surface area contributed by atoms with Crippen LogP contribution in [0.5, 0.6) is 0 Å². The van der Waals surface area contributed by atoms with E-state index in [1.807, 2.05) is 0 Å². The minimum atomic E-state index is -0.903. The van der Waals surface area contributed by atoms with Crippen LogP contribution in [0.4, 0.5) is 5.69 Å². The molecule has 1 aromatic rings. The van der Waals surface area contributed by atoms with Gasteiger partial charge in [0, 0.05) is 22.0 Å². The Kier molecular flexibility index (Phi) is 6.06. The van der Waals surface area contributed by atoms with E-state index in [2.05, 4.69) is 21.2 Å². The number of hydrogen-bond donors (Lipinski definition) is 3. The summed E-state index contributed by atoms with van der Waals surface area (Å²) < 4.78 is 0. The fourth-order valence-corrected chi connectivity index (χ4v) is 6.17. The molecule has 4 aliphatic rings. The number of carbonyl (C=O) groups is 3. The standard InChI is InChI=1S/C23H29ClN4O3/c1-13(27-28-22(31)21(30)25-19-5-3-4-18(24)14(19)2)6-20(29)26-23-10-15-7-16(11-23)9-17(8-15)12-23/h3-5,15-17H,6-12H2,1-2H3,(H,25,30)(H,26,29)(H,28,31)/b27-13-. The Balaban J connectivity index is 1.27. The van der Waals surface area contributed by atoms with Crippen LogP contribution < -0.4 is 16.1 Å². The van der Waals surface area contributed by atoms with Gasteiger partial charge in [-0.05, 0) is 87.8 Å². The predicted molar refractivity (Wildman–Crippen MR) is 120 cm³/mol. The topological polar surface area (TPSA) is 99.7 Å². The van der Waals surface area contributed by atoms with E-state index in [4.69, 9.17) is 11.6 Å². The number of carbonyl (C=O) groups excluding carboxylic acids is 3. The molecule has 3 N–H and O–H groups in total. The van der Waals surface area contributed by atoms with Gasteiger partial charge in [-0.2, -0.15) is 5.10 Å². The Morgan fingerprint density at radius 3 is 2.29 bits per heavy atom. The number of benzene rings is 1. The van der Waals surface area contributed by atoms with E-state index in [9.17, 15) is 14.4 Å². The number of halogens is 1. The number of nitrogens with zero attached hydrogens (tertiary/aromatic N) is 1. The van der Waals surface area contributed by atoms with Crippen molar-refractivity contribution in [3.8, 4) is 0 Å². The maximum atomic E-state index is 12.6. The van der Waals surface area contributed by atoms with Gasteiger partial charge in [0.25, 0.3) is 0 Å². The van der Waals surface area contributed by atoms with Crippen molar-refractivity contribution in [3.63, 3.8) is 0 Å². The van der Waals surface area contributed by atoms with Crippen LogP contribution in [0.2, 0.25) is 5.02 Å². The maximum Gasteiger partial charge on any atom is 0.329 e. The molecule has 31 heavy (non-hydrogen) atoms. The summed E-state index contributed by atoms with van der Waals surface area (Å²) >= 11 is 6.03. The summed E-state index contributed by atoms with van der Waals surface area (Å²) in [7, 11) is 0. The van der Waals surface area contributed by atoms with Crippen LogP contribution in [0, 0.1) is 24.7 Å². The monoisotopic (exact) mass is 444 g/mol. The van der Waals surface area contributed by atoms with Crippen LogP contribution in [0.1, 0.15) is 57.4 Å². The molecule has 4 saturated carbocycles. The van der Waals surface area contributed by atoms with E-state index < -0.39 is 11.8 Å². The molecule has 0 unspecified atom stereocenters. The molecule has 5 rings (SSSR count). The second-order valence-electron chi connectivity index (χ2n) is 9.58. The summed E-state index contributed by atoms with van der Waals surface area (Å²) in [4.78, 5) is 36.8. The third-order valence-corrected chi connectivity index (χ3v) is 7.34. The molecular weight excluding hydrogens is 416 g/mol. The van der Waals surface area contributed by atoms with Gasteiger partial charge in [-0.15, -0.1) is 0 Å². The highest BCUT2D eigenvalue weighted by Crippen LogP contribution is 2.55. The van der Waals surface area contributed by atoms with Crippen molar-refractivity contribution in [1.82, 2.24) is 10.7 Å². The molecule has 1 aromatic carbocycles. The maximum absolute atomic E-state index is 12.6. The number of hydrazone groups is 1. The largest absolute Gasteiger partial charge is 0.350 e. The van der Waals surface area contributed by atoms with Crippen molar-refractivity contribution >= 4 is 40.7 Å². The summed E-state index contributed by atoms with van der Waals surface area (Å²) in [6.45, 7) is 3.42. The summed E-state index contributed by atoms with van der Waals surface area (Å²) in [5, 5.41) is 10.2. The molecule has 166 valence electrons. The molecule has 4 bridgehead atoms. The molecule has 0 heterocycles. The van der Waals surface area contributed by atoms with Crippen molar-refractivity contribution in [3.05, 3.63) is 28.8 Å². The minimum Gasteiger partial charge on any atom is -0.350 e. The van der Waals surface area contributed by atoms with E-state index in [0.717, 1.165) is 37.0 Å². The molecule has 0 atom stereocenters. The summed E-state index contributed by atoms with van der Waals surface area (Å²) in [5.41, 5.74) is 3.75. The molecule has 0 radical (unpaired) electrons. The molecule has 4 fully saturated rings. The third kappa shape index (κ3) is 4.92. The lowest BCUT2D eigenvalue weighted by molar-refractivity contribution is -0.136. The molecule has 8 heteroatoms. The number of nitrogens with one attached hydrogen (secondary N) is 3. The zero-order chi connectivity index (χ0) is 22.2. The van der Waals surface area contributed by atoms with Crippen LogP contribution >= 0.6 is 11.6 Å². The van der Waals surface area contributed by atoms with Gasteiger partial charge in [0.05, 0.1) is 6.42 Å². The highest BCUT2D eigenvalue weighted by atomic mass is 35.5. The quantitative estimate of drug-likeness (QED) is 0.368. The van der Waals surface area contributed by atoms with Gasteiger partial charge < -0.3 is 10.6 Å². The van der Waals surface area contributed by atoms with Crippen LogP contribution in [0.15, 0.2) is 23.3 Å². The lowest BCUT2D eigenvalue weighted by Crippen LogP contribution is -2.60. The van der Waals surface area contributed by atoms with E-state index in [0.29, 0.717) is 22.0 Å². The molecule has 0 saturated heterocycles. The van der Waals surface area contributed by atoms with Crippen LogP contribution in [-0.4, -0.2) is 29.0 Å². The van der Waals surface area contributed by atoms with Gasteiger partial charge in [0.1, 0.15) is 0 Å². The molecule has 3 amide bonds. The van der Waals surface area contributed by atoms with Crippen molar-refractivity contribution < 1.29 is 14.4 Å². The minimum absolute atomic E-state index is 0.0515. The zero-order valence-corrected chi connectivity index (χ0v) is 18.7. The molecule has 0 aliphatic heterocycles. The average molecular weight is 445 g/mol. The Labute approximate surface area is 187 Å². The van der Waals surface area contributed by atoms with Crippen LogP contribution in [0.25, 0.3) is 0 Å². The average Bonchev–Trinajstić information content (AvgIpc) is 2.68. The van der Waals surface area contributed by atoms with E-state index in [1.165, 1.54) is 19.3 Å². The molecule has 4 aliphatic carbocycles. The second kappa shape index (κ2) is 8.61. The molecule has 0 spiro atoms. The van der Waals surface area contributed by atoms with Gasteiger partial charge >= 0.3 is 11.8 Å². The fraction of sp³-hybridized carbons (Fsp3) is 0.565. The highest BCUT2D eigenvalue weighted by molar-refractivity contribution is 6.40. The van der Waals surface area contributed by atoms with Gasteiger partial charge in [0.15, 0.2) is 0 Å². The van der Waals surface area contributed by atoms with E-state index >= 15 is 0 Å². The number of hydrogen-bond acceptors (Lipinski definition) is 4. The fourth-order valence-electron chi connectivity index (χ4n) is 5.99. The highest BCUT2D eigenvalue weighted by Gasteiger charge is 2.51. The van der Waals surface area contributed by atoms with Crippen LogP contribution in [0.3, 0.4) is 0 Å². The van der Waals surface area contributed by atoms with E-state index in [1.54, 1.807) is 32.0 Å². The number of amides is 3. The van der Waals surface area contributed by atoms with Gasteiger partial charge in [0.2, 0.25) is 5.91 Å². The third-order valence-electron chi connectivity index (χ3n) is 6.93. The summed E-state index contributed by atoms with van der Waals surface area (Å²) in [5.74, 6) is 0.434. The Hall–Kier alpha value is -2.41. The van der Waals surface area contributed by atoms with Gasteiger partial charge in [-0.3, -0.25) is 14.4 Å². The molecule has 0 aromatic heterocycles.